The zero-order valence-electron chi connectivity index (χ0n) is 33.2. The molecular weight excluding hydrogens is 588 g/mol. The second-order valence-electron chi connectivity index (χ2n) is 16.5. The van der Waals surface area contributed by atoms with Gasteiger partial charge in [0, 0.05) is 13.2 Å². The first-order valence-electron chi connectivity index (χ1n) is 20.1. The van der Waals surface area contributed by atoms with Crippen molar-refractivity contribution in [1.82, 2.24) is 0 Å². The summed E-state index contributed by atoms with van der Waals surface area (Å²) in [4.78, 5) is 0. The molecule has 6 heteroatoms. The maximum absolute atomic E-state index is 9.25. The summed E-state index contributed by atoms with van der Waals surface area (Å²) in [6.45, 7) is 29.7. The lowest BCUT2D eigenvalue weighted by Gasteiger charge is -2.37. The first-order chi connectivity index (χ1) is 22.3. The van der Waals surface area contributed by atoms with Gasteiger partial charge in [0.2, 0.25) is 0 Å². The Labute approximate surface area is 292 Å². The number of hydrogen-bond donors (Lipinski definition) is 2. The average molecular weight is 671 g/mol. The Bertz CT molecular complexity index is 703. The van der Waals surface area contributed by atoms with Crippen LogP contribution >= 0.6 is 0 Å². The van der Waals surface area contributed by atoms with Crippen LogP contribution in [-0.2, 0) is 18.9 Å². The minimum absolute atomic E-state index is 0.245. The van der Waals surface area contributed by atoms with E-state index in [1.54, 1.807) is 6.92 Å². The molecule has 2 unspecified atom stereocenters. The van der Waals surface area contributed by atoms with Crippen molar-refractivity contribution in [2.24, 2.45) is 53.3 Å². The SMILES string of the molecule is CC.CC(C)[C@@H]1CC[C@@H](C)C[C@H]1OCC1CO1.CC(C)[C@@H]1CC[C@@H](C)C[C@H]1OCCCO.CC(O)CO[C@@H]1C[C@H](C)CC[C@H]1C(C)C. The van der Waals surface area contributed by atoms with Crippen LogP contribution in [0, 0.1) is 53.3 Å². The van der Waals surface area contributed by atoms with Crippen LogP contribution in [0.3, 0.4) is 0 Å². The summed E-state index contributed by atoms with van der Waals surface area (Å²) in [6.07, 6.45) is 13.7. The van der Waals surface area contributed by atoms with E-state index in [1.165, 1.54) is 51.4 Å². The molecule has 0 amide bonds. The van der Waals surface area contributed by atoms with E-state index < -0.39 is 0 Å². The van der Waals surface area contributed by atoms with Crippen molar-refractivity contribution in [3.05, 3.63) is 0 Å². The molecule has 0 spiro atoms. The first-order valence-corrected chi connectivity index (χ1v) is 20.1. The molecular formula is C41H82O6. The molecule has 0 aromatic rings. The van der Waals surface area contributed by atoms with Crippen molar-refractivity contribution >= 4 is 0 Å². The minimum atomic E-state index is -0.338. The van der Waals surface area contributed by atoms with Crippen molar-refractivity contribution in [2.45, 2.75) is 178 Å². The third kappa shape index (κ3) is 18.5. The fourth-order valence-electron chi connectivity index (χ4n) is 7.88. The average Bonchev–Trinajstić information content (AvgIpc) is 3.85. The lowest BCUT2D eigenvalue weighted by atomic mass is 9.75. The summed E-state index contributed by atoms with van der Waals surface area (Å²) in [5.74, 6) is 6.75. The number of hydrogen-bond acceptors (Lipinski definition) is 6. The Morgan fingerprint density at radius 2 is 1.00 bits per heavy atom. The minimum Gasteiger partial charge on any atom is -0.396 e. The summed E-state index contributed by atoms with van der Waals surface area (Å²) < 4.78 is 23.0. The fraction of sp³-hybridized carbons (Fsp3) is 1.00. The summed E-state index contributed by atoms with van der Waals surface area (Å²) in [6, 6.07) is 0. The van der Waals surface area contributed by atoms with Gasteiger partial charge in [-0.25, -0.2) is 0 Å². The van der Waals surface area contributed by atoms with E-state index in [4.69, 9.17) is 24.1 Å². The van der Waals surface area contributed by atoms with Crippen LogP contribution < -0.4 is 0 Å². The van der Waals surface area contributed by atoms with Gasteiger partial charge in [-0.15, -0.1) is 0 Å². The Kier molecular flexibility index (Phi) is 23.7. The highest BCUT2D eigenvalue weighted by molar-refractivity contribution is 4.84. The van der Waals surface area contributed by atoms with Crippen LogP contribution in [0.4, 0.5) is 0 Å². The van der Waals surface area contributed by atoms with Crippen LogP contribution in [0.15, 0.2) is 0 Å². The predicted molar refractivity (Wildman–Crippen MR) is 198 cm³/mol. The van der Waals surface area contributed by atoms with Crippen molar-refractivity contribution in [3.63, 3.8) is 0 Å². The molecule has 0 bridgehead atoms. The third-order valence-corrected chi connectivity index (χ3v) is 11.0. The van der Waals surface area contributed by atoms with Gasteiger partial charge in [0.15, 0.2) is 0 Å². The predicted octanol–water partition coefficient (Wildman–Crippen LogP) is 9.58. The lowest BCUT2D eigenvalue weighted by Crippen LogP contribution is -2.35. The molecule has 1 heterocycles. The number of epoxide rings is 1. The highest BCUT2D eigenvalue weighted by atomic mass is 16.6. The second-order valence-corrected chi connectivity index (χ2v) is 16.5. The van der Waals surface area contributed by atoms with Gasteiger partial charge in [-0.1, -0.05) is 95.4 Å². The normalized spacial score (nSPS) is 34.4. The number of aliphatic hydroxyl groups is 2. The van der Waals surface area contributed by atoms with Gasteiger partial charge in [-0.05, 0) is 105 Å². The van der Waals surface area contributed by atoms with Gasteiger partial charge in [0.05, 0.1) is 44.2 Å². The summed E-state index contributed by atoms with van der Waals surface area (Å²) in [5.41, 5.74) is 0. The summed E-state index contributed by atoms with van der Waals surface area (Å²) >= 11 is 0. The number of aliphatic hydroxyl groups excluding tert-OH is 2. The van der Waals surface area contributed by atoms with Crippen molar-refractivity contribution < 1.29 is 29.2 Å². The Hall–Kier alpha value is -0.240. The number of ether oxygens (including phenoxy) is 4. The van der Waals surface area contributed by atoms with E-state index in [0.29, 0.717) is 42.9 Å². The Morgan fingerprint density at radius 1 is 0.617 bits per heavy atom. The van der Waals surface area contributed by atoms with Gasteiger partial charge in [-0.2, -0.15) is 0 Å². The molecule has 11 atom stereocenters. The van der Waals surface area contributed by atoms with E-state index in [1.807, 2.05) is 13.8 Å². The van der Waals surface area contributed by atoms with Crippen LogP contribution in [0.25, 0.3) is 0 Å². The molecule has 3 aliphatic carbocycles. The van der Waals surface area contributed by atoms with E-state index in [-0.39, 0.29) is 12.7 Å². The zero-order chi connectivity index (χ0) is 35.5. The topological polar surface area (TPSA) is 80.7 Å². The van der Waals surface area contributed by atoms with E-state index >= 15 is 0 Å². The molecule has 4 aliphatic rings. The second kappa shape index (κ2) is 24.8. The molecule has 1 saturated heterocycles. The molecule has 47 heavy (non-hydrogen) atoms. The highest BCUT2D eigenvalue weighted by Crippen LogP contribution is 2.37. The van der Waals surface area contributed by atoms with E-state index in [2.05, 4.69) is 62.3 Å². The van der Waals surface area contributed by atoms with Gasteiger partial charge >= 0.3 is 0 Å². The van der Waals surface area contributed by atoms with Gasteiger partial charge in [0.1, 0.15) is 6.10 Å². The molecule has 282 valence electrons. The maximum atomic E-state index is 9.25. The molecule has 0 radical (unpaired) electrons. The molecule has 6 nitrogen and oxygen atoms in total. The summed E-state index contributed by atoms with van der Waals surface area (Å²) in [7, 11) is 0. The van der Waals surface area contributed by atoms with Crippen LogP contribution in [0.1, 0.15) is 147 Å². The van der Waals surface area contributed by atoms with Crippen molar-refractivity contribution in [1.29, 1.82) is 0 Å². The zero-order valence-corrected chi connectivity index (χ0v) is 33.2. The Morgan fingerprint density at radius 3 is 1.34 bits per heavy atom. The van der Waals surface area contributed by atoms with Crippen molar-refractivity contribution in [2.75, 3.05) is 33.0 Å². The molecule has 4 fully saturated rings. The van der Waals surface area contributed by atoms with Crippen LogP contribution in [0.2, 0.25) is 0 Å². The molecule has 0 aromatic heterocycles. The fourth-order valence-corrected chi connectivity index (χ4v) is 7.88. The van der Waals surface area contributed by atoms with Crippen LogP contribution in [0.5, 0.6) is 0 Å². The largest absolute Gasteiger partial charge is 0.396 e. The van der Waals surface area contributed by atoms with Gasteiger partial charge in [-0.3, -0.25) is 0 Å². The Balaban J connectivity index is 0.000000343. The van der Waals surface area contributed by atoms with E-state index in [0.717, 1.165) is 74.1 Å². The monoisotopic (exact) mass is 671 g/mol. The lowest BCUT2D eigenvalue weighted by molar-refractivity contribution is -0.0653. The maximum Gasteiger partial charge on any atom is 0.104 e. The molecule has 2 N–H and O–H groups in total. The molecule has 4 rings (SSSR count). The third-order valence-electron chi connectivity index (χ3n) is 11.0. The molecule has 1 aliphatic heterocycles. The van der Waals surface area contributed by atoms with Crippen LogP contribution in [-0.4, -0.2) is 73.8 Å². The van der Waals surface area contributed by atoms with Gasteiger partial charge in [0.25, 0.3) is 0 Å². The summed E-state index contributed by atoms with van der Waals surface area (Å²) in [5, 5.41) is 18.0. The first kappa shape index (κ1) is 44.8. The van der Waals surface area contributed by atoms with Crippen molar-refractivity contribution in [3.8, 4) is 0 Å². The quantitative estimate of drug-likeness (QED) is 0.150. The van der Waals surface area contributed by atoms with E-state index in [9.17, 15) is 5.11 Å². The highest BCUT2D eigenvalue weighted by Gasteiger charge is 2.34. The standard InChI is InChI=1S/C13H24O2.2C13H26O2.C2H6/c1-9(2)12-5-4-10(3)6-13(12)15-8-11-7-14-11;1-9(2)12-6-5-10(3)7-13(12)15-8-11(4)14;1-10(2)12-6-5-11(3)9-13(12)15-8-4-7-14;1-2/h9-13H,4-8H2,1-3H3;9-14H,5-8H2,1-4H3;10-14H,4-9H2,1-3H3;1-2H3/t2*10-,11?,12+,13-;11-,12+,13-;/m111./s1. The van der Waals surface area contributed by atoms with Gasteiger partial charge < -0.3 is 29.2 Å². The smallest absolute Gasteiger partial charge is 0.104 e. The molecule has 0 aromatic carbocycles. The number of rotatable bonds is 13. The molecule has 3 saturated carbocycles.